The van der Waals surface area contributed by atoms with Gasteiger partial charge in [0.05, 0.1) is 38.0 Å². The molecule has 0 bridgehead atoms. The lowest BCUT2D eigenvalue weighted by Crippen LogP contribution is -2.49. The van der Waals surface area contributed by atoms with Gasteiger partial charge in [0, 0.05) is 6.54 Å². The van der Waals surface area contributed by atoms with Crippen molar-refractivity contribution in [2.24, 2.45) is 0 Å². The van der Waals surface area contributed by atoms with Crippen LogP contribution < -0.4 is 4.74 Å². The number of benzene rings is 1. The number of morpholine rings is 1. The number of rotatable bonds is 7. The summed E-state index contributed by atoms with van der Waals surface area (Å²) >= 11 is 0. The molecule has 27 heavy (non-hydrogen) atoms. The van der Waals surface area contributed by atoms with Crippen molar-refractivity contribution in [3.63, 3.8) is 0 Å². The number of aromatic amines is 1. The van der Waals surface area contributed by atoms with Gasteiger partial charge in [0.15, 0.2) is 5.69 Å². The number of hydrogen-bond acceptors (Lipinski definition) is 6. The molecular weight excluding hydrogens is 350 g/mol. The molecule has 3 rings (SSSR count). The second-order valence-corrected chi connectivity index (χ2v) is 6.12. The van der Waals surface area contributed by atoms with E-state index in [1.807, 2.05) is 30.3 Å². The fourth-order valence-electron chi connectivity index (χ4n) is 2.87. The van der Waals surface area contributed by atoms with Crippen molar-refractivity contribution in [1.29, 1.82) is 0 Å². The van der Waals surface area contributed by atoms with Gasteiger partial charge >= 0.3 is 5.97 Å². The number of aromatic nitrogens is 2. The number of para-hydroxylation sites is 1. The predicted molar refractivity (Wildman–Crippen MR) is 96.3 cm³/mol. The predicted octanol–water partition coefficient (Wildman–Crippen LogP) is 1.78. The van der Waals surface area contributed by atoms with E-state index >= 15 is 0 Å². The number of hydrogen-bond donors (Lipinski definition) is 1. The molecule has 1 fully saturated rings. The lowest BCUT2D eigenvalue weighted by atomic mass is 10.1. The van der Waals surface area contributed by atoms with Gasteiger partial charge in [0.2, 0.25) is 0 Å². The first-order chi connectivity index (χ1) is 13.2. The van der Waals surface area contributed by atoms with Crippen LogP contribution in [0.5, 0.6) is 5.75 Å². The molecule has 1 atom stereocenters. The van der Waals surface area contributed by atoms with Crippen LogP contribution in [0.1, 0.15) is 29.5 Å². The molecular formula is C19H23N3O5. The number of carbonyl (C=O) groups excluding carboxylic acids is 2. The molecule has 8 heteroatoms. The molecule has 0 unspecified atom stereocenters. The molecule has 0 aliphatic carbocycles. The zero-order valence-corrected chi connectivity index (χ0v) is 15.2. The summed E-state index contributed by atoms with van der Waals surface area (Å²) in [5.41, 5.74) is 0.981. The van der Waals surface area contributed by atoms with Crippen LogP contribution >= 0.6 is 0 Å². The van der Waals surface area contributed by atoms with Crippen molar-refractivity contribution >= 4 is 11.9 Å². The van der Waals surface area contributed by atoms with Crippen LogP contribution in [0.15, 0.2) is 36.4 Å². The number of H-pyrrole nitrogens is 1. The van der Waals surface area contributed by atoms with Gasteiger partial charge in [-0.05, 0) is 25.1 Å². The number of nitrogens with one attached hydrogen (secondary N) is 1. The van der Waals surface area contributed by atoms with Gasteiger partial charge in [-0.3, -0.25) is 14.7 Å². The Labute approximate surface area is 157 Å². The molecule has 0 spiro atoms. The molecule has 0 saturated carbocycles. The molecule has 1 amide bonds. The Morgan fingerprint density at radius 2 is 2.15 bits per heavy atom. The van der Waals surface area contributed by atoms with E-state index in [4.69, 9.17) is 14.2 Å². The second kappa shape index (κ2) is 9.18. The third-order valence-electron chi connectivity index (χ3n) is 4.18. The zero-order chi connectivity index (χ0) is 19.1. The maximum atomic E-state index is 12.8. The van der Waals surface area contributed by atoms with E-state index in [-0.39, 0.29) is 36.6 Å². The lowest BCUT2D eigenvalue weighted by Gasteiger charge is -2.34. The van der Waals surface area contributed by atoms with Crippen molar-refractivity contribution in [2.45, 2.75) is 26.0 Å². The molecule has 1 N–H and O–H groups in total. The number of carbonyl (C=O) groups is 2. The highest BCUT2D eigenvalue weighted by molar-refractivity contribution is 5.93. The highest BCUT2D eigenvalue weighted by Crippen LogP contribution is 2.16. The normalized spacial score (nSPS) is 16.8. The van der Waals surface area contributed by atoms with Crippen LogP contribution in [0, 0.1) is 0 Å². The van der Waals surface area contributed by atoms with Crippen LogP contribution in [0.4, 0.5) is 0 Å². The van der Waals surface area contributed by atoms with Crippen LogP contribution in [0.25, 0.3) is 0 Å². The first-order valence-corrected chi connectivity index (χ1v) is 8.94. The Balaban J connectivity index is 1.62. The van der Waals surface area contributed by atoms with Gasteiger partial charge in [-0.1, -0.05) is 18.2 Å². The van der Waals surface area contributed by atoms with E-state index in [0.717, 1.165) is 5.75 Å². The molecule has 1 aliphatic rings. The minimum atomic E-state index is -0.356. The highest BCUT2D eigenvalue weighted by atomic mass is 16.5. The average molecular weight is 373 g/mol. The van der Waals surface area contributed by atoms with Crippen molar-refractivity contribution < 1.29 is 23.8 Å². The molecule has 2 heterocycles. The average Bonchev–Trinajstić information content (AvgIpc) is 3.16. The van der Waals surface area contributed by atoms with Crippen LogP contribution in [0.2, 0.25) is 0 Å². The Bertz CT molecular complexity index is 762. The van der Waals surface area contributed by atoms with Crippen molar-refractivity contribution in [3.8, 4) is 5.75 Å². The molecule has 2 aromatic rings. The summed E-state index contributed by atoms with van der Waals surface area (Å²) in [7, 11) is 0. The highest BCUT2D eigenvalue weighted by Gasteiger charge is 2.31. The van der Waals surface area contributed by atoms with Crippen molar-refractivity contribution in [1.82, 2.24) is 15.1 Å². The third-order valence-corrected chi connectivity index (χ3v) is 4.18. The van der Waals surface area contributed by atoms with Gasteiger partial charge in [0.1, 0.15) is 12.4 Å². The molecule has 1 aromatic heterocycles. The summed E-state index contributed by atoms with van der Waals surface area (Å²) in [6, 6.07) is 10.7. The first kappa shape index (κ1) is 18.9. The minimum Gasteiger partial charge on any atom is -0.487 e. The number of ether oxygens (including phenoxy) is 3. The molecule has 1 saturated heterocycles. The third kappa shape index (κ3) is 5.07. The Hall–Kier alpha value is -2.87. The van der Waals surface area contributed by atoms with E-state index in [0.29, 0.717) is 32.1 Å². The maximum absolute atomic E-state index is 12.8. The Kier molecular flexibility index (Phi) is 6.43. The lowest BCUT2D eigenvalue weighted by molar-refractivity contribution is -0.145. The SMILES string of the molecule is CCOC(=O)C[C@H]1COCCN1C(=O)c1cc(COc2ccccc2)[nH]n1. The zero-order valence-electron chi connectivity index (χ0n) is 15.2. The fourth-order valence-corrected chi connectivity index (χ4v) is 2.87. The minimum absolute atomic E-state index is 0.105. The number of amides is 1. The Morgan fingerprint density at radius 3 is 2.93 bits per heavy atom. The van der Waals surface area contributed by atoms with E-state index < -0.39 is 0 Å². The van der Waals surface area contributed by atoms with Crippen molar-refractivity contribution in [3.05, 3.63) is 47.8 Å². The summed E-state index contributed by atoms with van der Waals surface area (Å²) in [6.45, 7) is 3.48. The van der Waals surface area contributed by atoms with Gasteiger partial charge in [-0.2, -0.15) is 5.10 Å². The Morgan fingerprint density at radius 1 is 1.33 bits per heavy atom. The van der Waals surface area contributed by atoms with E-state index in [9.17, 15) is 9.59 Å². The molecule has 8 nitrogen and oxygen atoms in total. The van der Waals surface area contributed by atoms with Crippen molar-refractivity contribution in [2.75, 3.05) is 26.4 Å². The smallest absolute Gasteiger partial charge is 0.307 e. The molecule has 1 aromatic carbocycles. The molecule has 144 valence electrons. The van der Waals surface area contributed by atoms with E-state index in [1.54, 1.807) is 17.9 Å². The largest absolute Gasteiger partial charge is 0.487 e. The van der Waals surface area contributed by atoms with Crippen LogP contribution in [0.3, 0.4) is 0 Å². The van der Waals surface area contributed by atoms with Gasteiger partial charge in [0.25, 0.3) is 5.91 Å². The van der Waals surface area contributed by atoms with Gasteiger partial charge < -0.3 is 19.1 Å². The summed E-state index contributed by atoms with van der Waals surface area (Å²) in [5, 5.41) is 6.93. The van der Waals surface area contributed by atoms with E-state index in [2.05, 4.69) is 10.2 Å². The number of esters is 1. The summed E-state index contributed by atoms with van der Waals surface area (Å²) in [4.78, 5) is 26.2. The monoisotopic (exact) mass is 373 g/mol. The standard InChI is InChI=1S/C19H23N3O5/c1-2-26-18(23)11-15-13-25-9-8-22(15)19(24)17-10-14(20-21-17)12-27-16-6-4-3-5-7-16/h3-7,10,15H,2,8-9,11-13H2,1H3,(H,20,21)/t15-/m0/s1. The van der Waals surface area contributed by atoms with Crippen LogP contribution in [-0.4, -0.2) is 59.4 Å². The second-order valence-electron chi connectivity index (χ2n) is 6.12. The summed E-state index contributed by atoms with van der Waals surface area (Å²) < 4.78 is 16.1. The topological polar surface area (TPSA) is 93.8 Å². The van der Waals surface area contributed by atoms with Gasteiger partial charge in [-0.25, -0.2) is 0 Å². The van der Waals surface area contributed by atoms with Gasteiger partial charge in [-0.15, -0.1) is 0 Å². The first-order valence-electron chi connectivity index (χ1n) is 8.94. The summed E-state index contributed by atoms with van der Waals surface area (Å²) in [6.07, 6.45) is 0.105. The molecule has 0 radical (unpaired) electrons. The summed E-state index contributed by atoms with van der Waals surface area (Å²) in [5.74, 6) is 0.155. The molecule has 1 aliphatic heterocycles. The van der Waals surface area contributed by atoms with E-state index in [1.165, 1.54) is 0 Å². The fraction of sp³-hybridized carbons (Fsp3) is 0.421. The quantitative estimate of drug-likeness (QED) is 0.744. The number of nitrogens with zero attached hydrogens (tertiary/aromatic N) is 2. The van der Waals surface area contributed by atoms with Crippen LogP contribution in [-0.2, 0) is 20.9 Å². The maximum Gasteiger partial charge on any atom is 0.307 e.